The second-order valence-corrected chi connectivity index (χ2v) is 6.09. The van der Waals surface area contributed by atoms with Gasteiger partial charge in [-0.25, -0.2) is 4.98 Å². The Morgan fingerprint density at radius 2 is 2.09 bits per heavy atom. The molecule has 0 aliphatic carbocycles. The fourth-order valence-electron chi connectivity index (χ4n) is 3.32. The third kappa shape index (κ3) is 2.82. The first-order valence-electron chi connectivity index (χ1n) is 8.06. The van der Waals surface area contributed by atoms with E-state index in [4.69, 9.17) is 0 Å². The molecule has 1 atom stereocenters. The van der Waals surface area contributed by atoms with Gasteiger partial charge in [0, 0.05) is 38.1 Å². The Kier molecular flexibility index (Phi) is 4.36. The number of nitrogens with zero attached hydrogens (tertiary/aromatic N) is 4. The molecule has 0 aromatic carbocycles. The fourth-order valence-corrected chi connectivity index (χ4v) is 3.32. The Balaban J connectivity index is 1.56. The summed E-state index contributed by atoms with van der Waals surface area (Å²) in [7, 11) is 0. The zero-order valence-electron chi connectivity index (χ0n) is 12.9. The van der Waals surface area contributed by atoms with Gasteiger partial charge in [0.2, 0.25) is 5.91 Å². The lowest BCUT2D eigenvalue weighted by Gasteiger charge is -2.43. The van der Waals surface area contributed by atoms with Crippen molar-refractivity contribution in [3.05, 3.63) is 24.3 Å². The molecule has 1 aromatic rings. The monoisotopic (exact) mass is 302 g/mol. The average Bonchev–Trinajstić information content (AvgIpc) is 2.54. The molecule has 6 heteroatoms. The number of aromatic nitrogens is 2. The van der Waals surface area contributed by atoms with Crippen molar-refractivity contribution >= 4 is 11.8 Å². The zero-order valence-corrected chi connectivity index (χ0v) is 12.9. The van der Waals surface area contributed by atoms with Crippen molar-refractivity contribution in [2.45, 2.75) is 38.6 Å². The Labute approximate surface area is 130 Å². The summed E-state index contributed by atoms with van der Waals surface area (Å²) in [4.78, 5) is 36.5. The van der Waals surface area contributed by atoms with Gasteiger partial charge in [0.1, 0.15) is 5.69 Å². The van der Waals surface area contributed by atoms with Gasteiger partial charge < -0.3 is 9.80 Å². The molecule has 2 aliphatic heterocycles. The summed E-state index contributed by atoms with van der Waals surface area (Å²) in [5.74, 6) is 0.0327. The quantitative estimate of drug-likeness (QED) is 0.845. The number of piperidine rings is 1. The van der Waals surface area contributed by atoms with Crippen LogP contribution in [0.25, 0.3) is 0 Å². The molecule has 2 amide bonds. The Morgan fingerprint density at radius 1 is 1.27 bits per heavy atom. The maximum absolute atomic E-state index is 12.6. The molecule has 0 saturated carbocycles. The van der Waals surface area contributed by atoms with Gasteiger partial charge >= 0.3 is 0 Å². The molecule has 0 bridgehead atoms. The molecule has 3 rings (SSSR count). The van der Waals surface area contributed by atoms with Gasteiger partial charge in [-0.1, -0.05) is 6.92 Å². The Bertz CT molecular complexity index is 542. The van der Waals surface area contributed by atoms with E-state index in [9.17, 15) is 9.59 Å². The molecule has 1 unspecified atom stereocenters. The number of likely N-dealkylation sites (tertiary alicyclic amines) is 2. The molecule has 0 radical (unpaired) electrons. The first-order valence-corrected chi connectivity index (χ1v) is 8.06. The number of carbonyl (C=O) groups is 2. The van der Waals surface area contributed by atoms with Crippen LogP contribution in [0.15, 0.2) is 18.6 Å². The number of rotatable bonds is 3. The van der Waals surface area contributed by atoms with E-state index in [1.807, 2.05) is 4.90 Å². The van der Waals surface area contributed by atoms with Crippen LogP contribution in [0.2, 0.25) is 0 Å². The largest absolute Gasteiger partial charge is 0.339 e. The van der Waals surface area contributed by atoms with Gasteiger partial charge in [-0.2, -0.15) is 0 Å². The Hall–Kier alpha value is -1.98. The van der Waals surface area contributed by atoms with Gasteiger partial charge in [-0.3, -0.25) is 14.6 Å². The second-order valence-electron chi connectivity index (χ2n) is 6.09. The molecule has 2 fully saturated rings. The maximum atomic E-state index is 12.6. The van der Waals surface area contributed by atoms with E-state index in [0.29, 0.717) is 24.8 Å². The first-order chi connectivity index (χ1) is 10.7. The van der Waals surface area contributed by atoms with Crippen molar-refractivity contribution in [3.8, 4) is 0 Å². The second kappa shape index (κ2) is 6.42. The summed E-state index contributed by atoms with van der Waals surface area (Å²) in [5.41, 5.74) is 0.345. The van der Waals surface area contributed by atoms with Crippen molar-refractivity contribution in [1.29, 1.82) is 0 Å². The summed E-state index contributed by atoms with van der Waals surface area (Å²) >= 11 is 0. The molecule has 2 saturated heterocycles. The van der Waals surface area contributed by atoms with Crippen molar-refractivity contribution in [2.24, 2.45) is 5.92 Å². The van der Waals surface area contributed by atoms with Crippen LogP contribution in [0.3, 0.4) is 0 Å². The standard InChI is InChI=1S/C16H22N4O2/c1-2-13-5-3-4-8-20(13)15(21)12-10-19(11-12)16(22)14-9-17-6-7-18-14/h6-7,9,12-13H,2-5,8,10-11H2,1H3. The summed E-state index contributed by atoms with van der Waals surface area (Å²) in [6, 6.07) is 0.381. The van der Waals surface area contributed by atoms with Crippen LogP contribution in [0, 0.1) is 5.92 Å². The molecule has 6 nitrogen and oxygen atoms in total. The van der Waals surface area contributed by atoms with Gasteiger partial charge in [-0.15, -0.1) is 0 Å². The minimum absolute atomic E-state index is 0.0484. The van der Waals surface area contributed by atoms with Crippen LogP contribution in [0.4, 0.5) is 0 Å². The molecular weight excluding hydrogens is 280 g/mol. The normalized spacial score (nSPS) is 22.3. The van der Waals surface area contributed by atoms with Gasteiger partial charge in [-0.05, 0) is 25.7 Å². The van der Waals surface area contributed by atoms with Crippen LogP contribution in [-0.4, -0.2) is 57.3 Å². The molecule has 118 valence electrons. The predicted octanol–water partition coefficient (Wildman–Crippen LogP) is 1.34. The van der Waals surface area contributed by atoms with Gasteiger partial charge in [0.05, 0.1) is 12.1 Å². The third-order valence-corrected chi connectivity index (χ3v) is 4.68. The molecule has 22 heavy (non-hydrogen) atoms. The SMILES string of the molecule is CCC1CCCCN1C(=O)C1CN(C(=O)c2cnccn2)C1. The van der Waals surface area contributed by atoms with Crippen LogP contribution in [0.1, 0.15) is 43.1 Å². The van der Waals surface area contributed by atoms with Crippen LogP contribution < -0.4 is 0 Å². The predicted molar refractivity (Wildman–Crippen MR) is 81.1 cm³/mol. The summed E-state index contributed by atoms with van der Waals surface area (Å²) in [6.07, 6.45) is 8.95. The van der Waals surface area contributed by atoms with Gasteiger partial charge in [0.15, 0.2) is 0 Å². The molecule has 2 aliphatic rings. The topological polar surface area (TPSA) is 66.4 Å². The minimum atomic E-state index is -0.136. The number of hydrogen-bond acceptors (Lipinski definition) is 4. The molecule has 0 N–H and O–H groups in total. The van der Waals surface area contributed by atoms with E-state index in [1.54, 1.807) is 11.1 Å². The van der Waals surface area contributed by atoms with Crippen LogP contribution >= 0.6 is 0 Å². The lowest BCUT2D eigenvalue weighted by molar-refractivity contribution is -0.143. The fraction of sp³-hybridized carbons (Fsp3) is 0.625. The highest BCUT2D eigenvalue weighted by molar-refractivity contribution is 5.94. The third-order valence-electron chi connectivity index (χ3n) is 4.68. The minimum Gasteiger partial charge on any atom is -0.339 e. The lowest BCUT2D eigenvalue weighted by atomic mass is 9.93. The zero-order chi connectivity index (χ0) is 15.5. The Morgan fingerprint density at radius 3 is 2.77 bits per heavy atom. The van der Waals surface area contributed by atoms with E-state index in [-0.39, 0.29) is 17.7 Å². The van der Waals surface area contributed by atoms with Crippen LogP contribution in [-0.2, 0) is 4.79 Å². The smallest absolute Gasteiger partial charge is 0.274 e. The van der Waals surface area contributed by atoms with E-state index < -0.39 is 0 Å². The summed E-state index contributed by atoms with van der Waals surface area (Å²) < 4.78 is 0. The highest BCUT2D eigenvalue weighted by Crippen LogP contribution is 2.26. The van der Waals surface area contributed by atoms with Crippen molar-refractivity contribution in [3.63, 3.8) is 0 Å². The summed E-state index contributed by atoms with van der Waals surface area (Å²) in [6.45, 7) is 4.01. The van der Waals surface area contributed by atoms with Crippen LogP contribution in [0.5, 0.6) is 0 Å². The number of amides is 2. The highest BCUT2D eigenvalue weighted by atomic mass is 16.2. The van der Waals surface area contributed by atoms with E-state index >= 15 is 0 Å². The molecule has 1 aromatic heterocycles. The lowest BCUT2D eigenvalue weighted by Crippen LogP contribution is -2.58. The summed E-state index contributed by atoms with van der Waals surface area (Å²) in [5, 5.41) is 0. The van der Waals surface area contributed by atoms with E-state index in [1.165, 1.54) is 18.8 Å². The van der Waals surface area contributed by atoms with Crippen molar-refractivity contribution < 1.29 is 9.59 Å². The maximum Gasteiger partial charge on any atom is 0.274 e. The van der Waals surface area contributed by atoms with Gasteiger partial charge in [0.25, 0.3) is 5.91 Å². The molecular formula is C16H22N4O2. The van der Waals surface area contributed by atoms with E-state index in [0.717, 1.165) is 25.8 Å². The van der Waals surface area contributed by atoms with E-state index in [2.05, 4.69) is 16.9 Å². The first kappa shape index (κ1) is 14.9. The average molecular weight is 302 g/mol. The molecule has 0 spiro atoms. The van der Waals surface area contributed by atoms with Crippen molar-refractivity contribution in [2.75, 3.05) is 19.6 Å². The number of hydrogen-bond donors (Lipinski definition) is 0. The van der Waals surface area contributed by atoms with Crippen molar-refractivity contribution in [1.82, 2.24) is 19.8 Å². The number of carbonyl (C=O) groups excluding carboxylic acids is 2. The molecule has 3 heterocycles. The highest BCUT2D eigenvalue weighted by Gasteiger charge is 2.40.